The Bertz CT molecular complexity index is 583. The third-order valence-corrected chi connectivity index (χ3v) is 3.53. The summed E-state index contributed by atoms with van der Waals surface area (Å²) in [6.07, 6.45) is 3.98. The van der Waals surface area contributed by atoms with Crippen LogP contribution in [0.2, 0.25) is 0 Å². The zero-order chi connectivity index (χ0) is 15.8. The van der Waals surface area contributed by atoms with E-state index >= 15 is 0 Å². The van der Waals surface area contributed by atoms with E-state index in [-0.39, 0.29) is 0 Å². The van der Waals surface area contributed by atoms with Crippen LogP contribution in [0.1, 0.15) is 31.7 Å². The normalized spacial score (nSPS) is 10.6. The third kappa shape index (κ3) is 4.18. The van der Waals surface area contributed by atoms with Gasteiger partial charge in [-0.05, 0) is 25.8 Å². The Balaban J connectivity index is 2.41. The molecule has 5 nitrogen and oxygen atoms in total. The van der Waals surface area contributed by atoms with Gasteiger partial charge < -0.3 is 16.8 Å². The third-order valence-electron chi connectivity index (χ3n) is 3.53. The molecule has 0 radical (unpaired) electrons. The van der Waals surface area contributed by atoms with Gasteiger partial charge in [-0.15, -0.1) is 0 Å². The van der Waals surface area contributed by atoms with Crippen LogP contribution in [-0.4, -0.2) is 23.1 Å². The predicted molar refractivity (Wildman–Crippen MR) is 92.7 cm³/mol. The van der Waals surface area contributed by atoms with E-state index in [4.69, 9.17) is 11.5 Å². The highest BCUT2D eigenvalue weighted by molar-refractivity contribution is 5.70. The molecule has 0 saturated carbocycles. The second-order valence-electron chi connectivity index (χ2n) is 5.30. The molecule has 118 valence electrons. The smallest absolute Gasteiger partial charge is 0.222 e. The van der Waals surface area contributed by atoms with E-state index < -0.39 is 0 Å². The van der Waals surface area contributed by atoms with E-state index in [1.807, 2.05) is 30.3 Å². The van der Waals surface area contributed by atoms with Gasteiger partial charge in [-0.25, -0.2) is 4.98 Å². The quantitative estimate of drug-likeness (QED) is 0.652. The van der Waals surface area contributed by atoms with Crippen molar-refractivity contribution in [2.45, 2.75) is 32.6 Å². The fourth-order valence-electron chi connectivity index (χ4n) is 2.38. The first-order chi connectivity index (χ1) is 10.8. The van der Waals surface area contributed by atoms with Crippen molar-refractivity contribution in [2.75, 3.05) is 24.1 Å². The summed E-state index contributed by atoms with van der Waals surface area (Å²) < 4.78 is 0. The molecular weight excluding hydrogens is 274 g/mol. The number of unbranched alkanes of at least 4 members (excludes halogenated alkanes) is 1. The molecule has 2 rings (SSSR count). The fourth-order valence-corrected chi connectivity index (χ4v) is 2.38. The number of nitrogens with one attached hydrogen (secondary N) is 1. The summed E-state index contributed by atoms with van der Waals surface area (Å²) in [5.74, 6) is 1.14. The number of aromatic nitrogens is 2. The first-order valence-corrected chi connectivity index (χ1v) is 7.92. The van der Waals surface area contributed by atoms with Crippen molar-refractivity contribution in [3.05, 3.63) is 35.9 Å². The highest BCUT2D eigenvalue weighted by Crippen LogP contribution is 2.28. The molecule has 0 spiro atoms. The van der Waals surface area contributed by atoms with Crippen LogP contribution in [-0.2, 0) is 6.42 Å². The molecule has 0 saturated heterocycles. The number of nitrogens with zero attached hydrogens (tertiary/aromatic N) is 2. The number of nitrogens with two attached hydrogens (primary N) is 2. The Morgan fingerprint density at radius 2 is 1.86 bits per heavy atom. The van der Waals surface area contributed by atoms with Crippen molar-refractivity contribution in [3.63, 3.8) is 0 Å². The van der Waals surface area contributed by atoms with Gasteiger partial charge in [0.05, 0.1) is 5.69 Å². The van der Waals surface area contributed by atoms with Crippen LogP contribution in [0.25, 0.3) is 11.3 Å². The van der Waals surface area contributed by atoms with Gasteiger partial charge >= 0.3 is 0 Å². The molecule has 5 N–H and O–H groups in total. The molecule has 0 aliphatic rings. The minimum absolute atomic E-state index is 0.300. The molecule has 0 aliphatic carbocycles. The first-order valence-electron chi connectivity index (χ1n) is 7.92. The summed E-state index contributed by atoms with van der Waals surface area (Å²) in [7, 11) is 0. The average molecular weight is 299 g/mol. The topological polar surface area (TPSA) is 89.8 Å². The molecular formula is C17H25N5. The standard InChI is InChI=1S/C17H25N5/c1-2-3-12-20-16-14(10-7-11-18)15(21-17(19)22-16)13-8-5-4-6-9-13/h4-6,8-9H,2-3,7,10-12,18H2,1H3,(H3,19,20,21,22). The molecule has 0 fully saturated rings. The molecule has 0 atom stereocenters. The minimum atomic E-state index is 0.300. The lowest BCUT2D eigenvalue weighted by Gasteiger charge is -2.15. The molecule has 0 amide bonds. The Hall–Kier alpha value is -2.14. The molecule has 1 aromatic carbocycles. The number of hydrogen-bond donors (Lipinski definition) is 3. The maximum atomic E-state index is 5.91. The van der Waals surface area contributed by atoms with Crippen LogP contribution in [0.4, 0.5) is 11.8 Å². The van der Waals surface area contributed by atoms with E-state index in [1.54, 1.807) is 0 Å². The van der Waals surface area contributed by atoms with Crippen molar-refractivity contribution in [1.29, 1.82) is 0 Å². The van der Waals surface area contributed by atoms with Crippen molar-refractivity contribution < 1.29 is 0 Å². The molecule has 1 aromatic heterocycles. The zero-order valence-corrected chi connectivity index (χ0v) is 13.2. The highest BCUT2D eigenvalue weighted by Gasteiger charge is 2.14. The van der Waals surface area contributed by atoms with Crippen LogP contribution < -0.4 is 16.8 Å². The summed E-state index contributed by atoms with van der Waals surface area (Å²) in [6.45, 7) is 3.70. The van der Waals surface area contributed by atoms with Crippen LogP contribution in [0.5, 0.6) is 0 Å². The largest absolute Gasteiger partial charge is 0.370 e. The average Bonchev–Trinajstić information content (AvgIpc) is 2.54. The first kappa shape index (κ1) is 16.2. The van der Waals surface area contributed by atoms with E-state index in [1.165, 1.54) is 0 Å². The molecule has 0 unspecified atom stereocenters. The Morgan fingerprint density at radius 3 is 2.55 bits per heavy atom. The minimum Gasteiger partial charge on any atom is -0.370 e. The van der Waals surface area contributed by atoms with Crippen molar-refractivity contribution in [1.82, 2.24) is 9.97 Å². The van der Waals surface area contributed by atoms with Gasteiger partial charge in [0.15, 0.2) is 0 Å². The van der Waals surface area contributed by atoms with Gasteiger partial charge in [0, 0.05) is 17.7 Å². The summed E-state index contributed by atoms with van der Waals surface area (Å²) >= 11 is 0. The second-order valence-corrected chi connectivity index (χ2v) is 5.30. The van der Waals surface area contributed by atoms with Crippen LogP contribution in [0.3, 0.4) is 0 Å². The van der Waals surface area contributed by atoms with Gasteiger partial charge in [0.2, 0.25) is 5.95 Å². The Kier molecular flexibility index (Phi) is 6.15. The van der Waals surface area contributed by atoms with Gasteiger partial charge in [-0.2, -0.15) is 4.98 Å². The summed E-state index contributed by atoms with van der Waals surface area (Å²) in [6, 6.07) is 10.1. The van der Waals surface area contributed by atoms with Gasteiger partial charge in [-0.3, -0.25) is 0 Å². The maximum absolute atomic E-state index is 5.91. The lowest BCUT2D eigenvalue weighted by atomic mass is 10.0. The summed E-state index contributed by atoms with van der Waals surface area (Å²) in [4.78, 5) is 8.87. The van der Waals surface area contributed by atoms with Gasteiger partial charge in [0.25, 0.3) is 0 Å². The predicted octanol–water partition coefficient (Wildman–Crippen LogP) is 2.83. The fraction of sp³-hybridized carbons (Fsp3) is 0.412. The van der Waals surface area contributed by atoms with Gasteiger partial charge in [0.1, 0.15) is 5.82 Å². The van der Waals surface area contributed by atoms with Crippen LogP contribution >= 0.6 is 0 Å². The molecule has 0 aliphatic heterocycles. The van der Waals surface area contributed by atoms with Gasteiger partial charge in [-0.1, -0.05) is 43.7 Å². The number of benzene rings is 1. The van der Waals surface area contributed by atoms with E-state index in [9.17, 15) is 0 Å². The van der Waals surface area contributed by atoms with Crippen molar-refractivity contribution in [3.8, 4) is 11.3 Å². The molecule has 2 aromatic rings. The molecule has 22 heavy (non-hydrogen) atoms. The Morgan fingerprint density at radius 1 is 1.09 bits per heavy atom. The molecule has 0 bridgehead atoms. The summed E-state index contributed by atoms with van der Waals surface area (Å²) in [5, 5.41) is 3.40. The SMILES string of the molecule is CCCCNc1nc(N)nc(-c2ccccc2)c1CCCN. The number of anilines is 2. The molecule has 5 heteroatoms. The lowest BCUT2D eigenvalue weighted by molar-refractivity contribution is 0.810. The monoisotopic (exact) mass is 299 g/mol. The van der Waals surface area contributed by atoms with Crippen LogP contribution in [0.15, 0.2) is 30.3 Å². The number of rotatable bonds is 8. The van der Waals surface area contributed by atoms with Crippen LogP contribution in [0, 0.1) is 0 Å². The second kappa shape index (κ2) is 8.34. The number of nitrogen functional groups attached to an aromatic ring is 1. The van der Waals surface area contributed by atoms with E-state index in [0.717, 1.165) is 54.9 Å². The lowest BCUT2D eigenvalue weighted by Crippen LogP contribution is -2.12. The van der Waals surface area contributed by atoms with E-state index in [2.05, 4.69) is 22.2 Å². The highest BCUT2D eigenvalue weighted by atomic mass is 15.1. The van der Waals surface area contributed by atoms with Crippen molar-refractivity contribution >= 4 is 11.8 Å². The Labute approximate surface area is 132 Å². The van der Waals surface area contributed by atoms with Crippen molar-refractivity contribution in [2.24, 2.45) is 5.73 Å². The zero-order valence-electron chi connectivity index (χ0n) is 13.2. The van der Waals surface area contributed by atoms with E-state index in [0.29, 0.717) is 12.5 Å². The maximum Gasteiger partial charge on any atom is 0.222 e. The summed E-state index contributed by atoms with van der Waals surface area (Å²) in [5.41, 5.74) is 14.7. The number of hydrogen-bond acceptors (Lipinski definition) is 5. The molecule has 1 heterocycles.